The second-order valence-electron chi connectivity index (χ2n) is 16.9. The number of unbranched alkanes of at least 4 members (excludes halogenated alkanes) is 12. The number of hydrogen-bond donors (Lipinski definition) is 6. The van der Waals surface area contributed by atoms with Gasteiger partial charge in [0.25, 0.3) is 0 Å². The van der Waals surface area contributed by atoms with Gasteiger partial charge in [-0.1, -0.05) is 169 Å². The molecule has 13 nitrogen and oxygen atoms in total. The van der Waals surface area contributed by atoms with Crippen LogP contribution in [0.4, 0.5) is 0 Å². The summed E-state index contributed by atoms with van der Waals surface area (Å²) in [7, 11) is -5.15. The number of phosphoric ester groups is 1. The van der Waals surface area contributed by atoms with Crippen molar-refractivity contribution in [2.45, 2.75) is 211 Å². The van der Waals surface area contributed by atoms with Gasteiger partial charge in [-0.2, -0.15) is 0 Å². The molecule has 0 saturated heterocycles. The number of allylic oxidation sites excluding steroid dienone is 16. The zero-order valence-electron chi connectivity index (χ0n) is 40.7. The van der Waals surface area contributed by atoms with Crippen molar-refractivity contribution in [1.29, 1.82) is 0 Å². The van der Waals surface area contributed by atoms with Gasteiger partial charge in [-0.05, 0) is 83.5 Å². The van der Waals surface area contributed by atoms with Gasteiger partial charge in [-0.15, -0.1) is 0 Å². The van der Waals surface area contributed by atoms with Gasteiger partial charge >= 0.3 is 19.8 Å². The van der Waals surface area contributed by atoms with Gasteiger partial charge in [0.2, 0.25) is 0 Å². The average Bonchev–Trinajstić information content (AvgIpc) is 3.31. The largest absolute Gasteiger partial charge is 0.472 e. The first-order valence-electron chi connectivity index (χ1n) is 25.0. The van der Waals surface area contributed by atoms with Gasteiger partial charge in [0.05, 0.1) is 6.61 Å². The highest BCUT2D eigenvalue weighted by Crippen LogP contribution is 2.47. The standard InChI is InChI=1S/C53H87O13P/c1-3-5-7-9-11-13-15-17-19-21-23-25-27-29-31-33-35-37-39-41-46(54)63-43-45(44-64-67(61,62)66-53-51(59)49(57)48(56)50(58)52(53)60)65-47(55)42-40-38-36-34-32-30-28-26-24-22-20-18-16-14-12-10-8-6-4-2/h5,7,11-14,17-20,23,25,29,31,35,37,45,48-53,56-60H,3-4,6,8-10,15-16,21-22,24,26-28,30,32-34,36,38-44H2,1-2H3,(H,61,62)/b7-5-,13-11-,14-12-,19-17-,20-18-,25-23-,31-29-,37-35-/t45-,48?,49-,50?,51?,52?,53?/m1/s1. The van der Waals surface area contributed by atoms with E-state index in [4.69, 9.17) is 18.5 Å². The Morgan fingerprint density at radius 1 is 0.478 bits per heavy atom. The van der Waals surface area contributed by atoms with Gasteiger partial charge in [0.15, 0.2) is 6.10 Å². The summed E-state index contributed by atoms with van der Waals surface area (Å²) in [6.45, 7) is 3.10. The highest BCUT2D eigenvalue weighted by molar-refractivity contribution is 7.47. The van der Waals surface area contributed by atoms with Crippen molar-refractivity contribution in [3.05, 3.63) is 97.2 Å². The number of carbonyl (C=O) groups is 2. The van der Waals surface area contributed by atoms with Crippen molar-refractivity contribution in [2.24, 2.45) is 0 Å². The Balaban J connectivity index is 2.48. The lowest BCUT2D eigenvalue weighted by molar-refractivity contribution is -0.220. The third-order valence-electron chi connectivity index (χ3n) is 10.9. The van der Waals surface area contributed by atoms with Crippen LogP contribution in [0.25, 0.3) is 0 Å². The van der Waals surface area contributed by atoms with Crippen LogP contribution in [0.15, 0.2) is 97.2 Å². The number of carbonyl (C=O) groups excluding carboxylic acids is 2. The van der Waals surface area contributed by atoms with E-state index in [2.05, 4.69) is 92.8 Å². The molecule has 1 saturated carbocycles. The van der Waals surface area contributed by atoms with Crippen molar-refractivity contribution in [3.8, 4) is 0 Å². The maximum Gasteiger partial charge on any atom is 0.472 e. The fraction of sp³-hybridized carbons (Fsp3) is 0.660. The predicted molar refractivity (Wildman–Crippen MR) is 267 cm³/mol. The summed E-state index contributed by atoms with van der Waals surface area (Å²) in [5.74, 6) is -1.21. The topological polar surface area (TPSA) is 210 Å². The summed E-state index contributed by atoms with van der Waals surface area (Å²) >= 11 is 0. The molecule has 0 spiro atoms. The maximum absolute atomic E-state index is 12.8. The van der Waals surface area contributed by atoms with E-state index >= 15 is 0 Å². The van der Waals surface area contributed by atoms with E-state index in [1.807, 2.05) is 18.2 Å². The van der Waals surface area contributed by atoms with Crippen LogP contribution in [0, 0.1) is 0 Å². The second kappa shape index (κ2) is 41.7. The highest BCUT2D eigenvalue weighted by atomic mass is 31.2. The summed E-state index contributed by atoms with van der Waals surface area (Å²) in [6.07, 6.45) is 43.2. The number of aliphatic hydroxyl groups excluding tert-OH is 5. The quantitative estimate of drug-likeness (QED) is 0.0146. The molecule has 67 heavy (non-hydrogen) atoms. The van der Waals surface area contributed by atoms with Crippen LogP contribution in [0.1, 0.15) is 168 Å². The van der Waals surface area contributed by atoms with E-state index in [1.165, 1.54) is 51.4 Å². The molecule has 8 atom stereocenters. The zero-order valence-corrected chi connectivity index (χ0v) is 41.5. The molecule has 14 heteroatoms. The van der Waals surface area contributed by atoms with Crippen LogP contribution in [0.3, 0.4) is 0 Å². The minimum absolute atomic E-state index is 0.0357. The molecule has 1 fully saturated rings. The Morgan fingerprint density at radius 3 is 1.36 bits per heavy atom. The van der Waals surface area contributed by atoms with Crippen LogP contribution in [0.5, 0.6) is 0 Å². The molecular formula is C53H87O13P. The molecule has 0 aromatic rings. The monoisotopic (exact) mass is 963 g/mol. The van der Waals surface area contributed by atoms with Gasteiger partial charge < -0.3 is 39.9 Å². The number of ether oxygens (including phenoxy) is 2. The minimum Gasteiger partial charge on any atom is -0.462 e. The fourth-order valence-corrected chi connectivity index (χ4v) is 7.90. The predicted octanol–water partition coefficient (Wildman–Crippen LogP) is 10.6. The molecule has 0 amide bonds. The normalized spacial score (nSPS) is 22.0. The molecule has 6 N–H and O–H groups in total. The van der Waals surface area contributed by atoms with Crippen LogP contribution in [-0.4, -0.2) is 98.3 Å². The van der Waals surface area contributed by atoms with Crippen molar-refractivity contribution in [2.75, 3.05) is 13.2 Å². The molecule has 0 radical (unpaired) electrons. The molecule has 382 valence electrons. The third kappa shape index (κ3) is 33.8. The lowest BCUT2D eigenvalue weighted by Gasteiger charge is -2.41. The van der Waals surface area contributed by atoms with E-state index in [1.54, 1.807) is 0 Å². The molecule has 0 aromatic heterocycles. The number of esters is 2. The molecule has 1 aliphatic rings. The van der Waals surface area contributed by atoms with Crippen LogP contribution in [-0.2, 0) is 32.7 Å². The Hall–Kier alpha value is -3.23. The molecule has 1 aliphatic carbocycles. The summed E-state index contributed by atoms with van der Waals surface area (Å²) in [6, 6.07) is 0. The molecule has 0 heterocycles. The van der Waals surface area contributed by atoms with E-state index in [9.17, 15) is 44.6 Å². The average molecular weight is 963 g/mol. The molecule has 6 unspecified atom stereocenters. The fourth-order valence-electron chi connectivity index (χ4n) is 6.93. The second-order valence-corrected chi connectivity index (χ2v) is 18.3. The number of aliphatic hydroxyl groups is 5. The van der Waals surface area contributed by atoms with Gasteiger partial charge in [0.1, 0.15) is 43.2 Å². The Kier molecular flexibility index (Phi) is 38.5. The summed E-state index contributed by atoms with van der Waals surface area (Å²) in [4.78, 5) is 35.8. The van der Waals surface area contributed by atoms with Gasteiger partial charge in [-0.3, -0.25) is 18.6 Å². The van der Waals surface area contributed by atoms with Crippen LogP contribution < -0.4 is 0 Å². The molecule has 0 bridgehead atoms. The lowest BCUT2D eigenvalue weighted by Crippen LogP contribution is -2.64. The Labute approximate surface area is 402 Å². The van der Waals surface area contributed by atoms with Crippen molar-refractivity contribution in [3.63, 3.8) is 0 Å². The van der Waals surface area contributed by atoms with Crippen molar-refractivity contribution < 1.29 is 63.1 Å². The van der Waals surface area contributed by atoms with Crippen LogP contribution in [0.2, 0.25) is 0 Å². The van der Waals surface area contributed by atoms with Gasteiger partial charge in [-0.25, -0.2) is 4.57 Å². The SMILES string of the molecule is CC/C=C\C/C=C\C/C=C\C/C=C\C/C=C\C/C=C\CCC(=O)OC[C@H](COP(=O)(O)OC1C(O)C(O)C(O)[C@@H](O)C1O)OC(=O)CCCCCCCCCCC/C=C\C/C=C\CCCCC. The molecule has 1 rings (SSSR count). The Bertz CT molecular complexity index is 1530. The zero-order chi connectivity index (χ0) is 49.2. The van der Waals surface area contributed by atoms with Crippen molar-refractivity contribution >= 4 is 19.8 Å². The highest BCUT2D eigenvalue weighted by Gasteiger charge is 2.51. The number of hydrogen-bond acceptors (Lipinski definition) is 12. The van der Waals surface area contributed by atoms with E-state index in [0.29, 0.717) is 19.3 Å². The molecule has 0 aromatic carbocycles. The van der Waals surface area contributed by atoms with E-state index < -0.39 is 75.7 Å². The first-order chi connectivity index (χ1) is 32.4. The van der Waals surface area contributed by atoms with Gasteiger partial charge in [0, 0.05) is 12.8 Å². The Morgan fingerprint density at radius 2 is 0.881 bits per heavy atom. The molecular weight excluding hydrogens is 876 g/mol. The smallest absolute Gasteiger partial charge is 0.462 e. The van der Waals surface area contributed by atoms with E-state index in [-0.39, 0.29) is 12.8 Å². The summed E-state index contributed by atoms with van der Waals surface area (Å²) in [5, 5.41) is 50.2. The number of rotatable bonds is 40. The van der Waals surface area contributed by atoms with E-state index in [0.717, 1.165) is 70.6 Å². The summed E-state index contributed by atoms with van der Waals surface area (Å²) in [5.41, 5.74) is 0. The number of phosphoric acid groups is 1. The first-order valence-corrected chi connectivity index (χ1v) is 26.5. The first kappa shape index (κ1) is 61.8. The van der Waals surface area contributed by atoms with Crippen molar-refractivity contribution in [1.82, 2.24) is 0 Å². The molecule has 0 aliphatic heterocycles. The maximum atomic E-state index is 12.8. The third-order valence-corrected chi connectivity index (χ3v) is 11.9. The summed E-state index contributed by atoms with van der Waals surface area (Å²) < 4.78 is 33.5. The lowest BCUT2D eigenvalue weighted by atomic mass is 9.85. The minimum atomic E-state index is -5.15. The van der Waals surface area contributed by atoms with Crippen LogP contribution >= 0.6 is 7.82 Å².